The van der Waals surface area contributed by atoms with E-state index in [2.05, 4.69) is 0 Å². The number of ether oxygens (including phenoxy) is 1. The van der Waals surface area contributed by atoms with Crippen molar-refractivity contribution in [3.63, 3.8) is 0 Å². The average Bonchev–Trinajstić information content (AvgIpc) is 2.31. The van der Waals surface area contributed by atoms with Crippen molar-refractivity contribution in [3.05, 3.63) is 33.8 Å². The van der Waals surface area contributed by atoms with Gasteiger partial charge in [-0.1, -0.05) is 29.3 Å². The van der Waals surface area contributed by atoms with E-state index in [0.29, 0.717) is 16.5 Å². The molecule has 0 heterocycles. The lowest BCUT2D eigenvalue weighted by atomic mass is 10.0. The largest absolute Gasteiger partial charge is 0.382 e. The van der Waals surface area contributed by atoms with Crippen LogP contribution in [0.15, 0.2) is 18.2 Å². The third-order valence-corrected chi connectivity index (χ3v) is 3.58. The van der Waals surface area contributed by atoms with Gasteiger partial charge < -0.3 is 10.5 Å². The Labute approximate surface area is 113 Å². The molecule has 0 fully saturated rings. The molecule has 0 aliphatic carbocycles. The Kier molecular flexibility index (Phi) is 6.28. The van der Waals surface area contributed by atoms with Crippen LogP contribution in [0.25, 0.3) is 0 Å². The van der Waals surface area contributed by atoms with Gasteiger partial charge in [0.15, 0.2) is 0 Å². The van der Waals surface area contributed by atoms with Crippen LogP contribution < -0.4 is 5.73 Å². The lowest BCUT2D eigenvalue weighted by Crippen LogP contribution is -2.24. The Bertz CT molecular complexity index is 337. The van der Waals surface area contributed by atoms with Crippen molar-refractivity contribution < 1.29 is 4.74 Å². The first-order valence-electron chi connectivity index (χ1n) is 5.75. The first-order chi connectivity index (χ1) is 8.04. The number of halogens is 2. The van der Waals surface area contributed by atoms with E-state index in [4.69, 9.17) is 33.7 Å². The molecular formula is C13H19Cl2NO. The molecule has 0 spiro atoms. The number of nitrogens with two attached hydrogens (primary N) is 1. The van der Waals surface area contributed by atoms with Gasteiger partial charge in [-0.3, -0.25) is 0 Å². The molecular weight excluding hydrogens is 257 g/mol. The molecule has 2 atom stereocenters. The lowest BCUT2D eigenvalue weighted by molar-refractivity contribution is 0.107. The Morgan fingerprint density at radius 2 is 1.82 bits per heavy atom. The second kappa shape index (κ2) is 7.22. The fraction of sp³-hybridized carbons (Fsp3) is 0.538. The number of hydrogen-bond acceptors (Lipinski definition) is 2. The highest BCUT2D eigenvalue weighted by atomic mass is 35.5. The van der Waals surface area contributed by atoms with Crippen molar-refractivity contribution in [2.45, 2.75) is 38.3 Å². The minimum absolute atomic E-state index is 0.0602. The second-order valence-electron chi connectivity index (χ2n) is 4.29. The molecule has 0 saturated carbocycles. The van der Waals surface area contributed by atoms with Crippen molar-refractivity contribution in [2.24, 2.45) is 5.73 Å². The van der Waals surface area contributed by atoms with Gasteiger partial charge in [0.05, 0.1) is 6.10 Å². The zero-order valence-corrected chi connectivity index (χ0v) is 11.8. The molecule has 1 rings (SSSR count). The molecule has 0 saturated heterocycles. The molecule has 2 N–H and O–H groups in total. The van der Waals surface area contributed by atoms with E-state index in [1.54, 1.807) is 7.11 Å². The van der Waals surface area contributed by atoms with Crippen molar-refractivity contribution in [1.82, 2.24) is 0 Å². The predicted molar refractivity (Wildman–Crippen MR) is 73.8 cm³/mol. The SMILES string of the molecule is COC(C)CCC(N)Cc1c(Cl)cccc1Cl. The monoisotopic (exact) mass is 275 g/mol. The Morgan fingerprint density at radius 1 is 1.24 bits per heavy atom. The highest BCUT2D eigenvalue weighted by molar-refractivity contribution is 6.35. The molecule has 0 radical (unpaired) electrons. The van der Waals surface area contributed by atoms with Gasteiger partial charge in [0.1, 0.15) is 0 Å². The summed E-state index contributed by atoms with van der Waals surface area (Å²) in [5.41, 5.74) is 7.01. The molecule has 4 heteroatoms. The minimum atomic E-state index is 0.0602. The van der Waals surface area contributed by atoms with Crippen molar-refractivity contribution >= 4 is 23.2 Å². The zero-order valence-electron chi connectivity index (χ0n) is 10.2. The first kappa shape index (κ1) is 14.8. The topological polar surface area (TPSA) is 35.2 Å². The predicted octanol–water partition coefficient (Wildman–Crippen LogP) is 3.68. The molecule has 0 bridgehead atoms. The van der Waals surface area contributed by atoms with Crippen LogP contribution in [0, 0.1) is 0 Å². The van der Waals surface area contributed by atoms with Crippen molar-refractivity contribution in [3.8, 4) is 0 Å². The van der Waals surface area contributed by atoms with Gasteiger partial charge in [0, 0.05) is 23.2 Å². The van der Waals surface area contributed by atoms with Crippen molar-refractivity contribution in [2.75, 3.05) is 7.11 Å². The summed E-state index contributed by atoms with van der Waals surface area (Å²) in [5, 5.41) is 1.38. The summed E-state index contributed by atoms with van der Waals surface area (Å²) < 4.78 is 5.19. The maximum absolute atomic E-state index is 6.10. The smallest absolute Gasteiger partial charge is 0.0543 e. The number of hydrogen-bond donors (Lipinski definition) is 1. The molecule has 1 aromatic rings. The third-order valence-electron chi connectivity index (χ3n) is 2.87. The Hall–Kier alpha value is -0.280. The summed E-state index contributed by atoms with van der Waals surface area (Å²) in [6.07, 6.45) is 2.79. The first-order valence-corrected chi connectivity index (χ1v) is 6.51. The van der Waals surface area contributed by atoms with Crippen LogP contribution in [0.3, 0.4) is 0 Å². The highest BCUT2D eigenvalue weighted by Crippen LogP contribution is 2.25. The van der Waals surface area contributed by atoms with Gasteiger partial charge in [0.2, 0.25) is 0 Å². The van der Waals surface area contributed by atoms with Gasteiger partial charge in [0.25, 0.3) is 0 Å². The van der Waals surface area contributed by atoms with Crippen LogP contribution in [0.5, 0.6) is 0 Å². The molecule has 0 amide bonds. The maximum atomic E-state index is 6.10. The van der Waals surface area contributed by atoms with E-state index < -0.39 is 0 Å². The average molecular weight is 276 g/mol. The molecule has 0 aliphatic heterocycles. The van der Waals surface area contributed by atoms with Crippen LogP contribution in [0.4, 0.5) is 0 Å². The number of methoxy groups -OCH3 is 1. The van der Waals surface area contributed by atoms with Crippen LogP contribution in [0.2, 0.25) is 10.0 Å². The van der Waals surface area contributed by atoms with Gasteiger partial charge in [-0.05, 0) is 43.9 Å². The fourth-order valence-electron chi connectivity index (χ4n) is 1.66. The van der Waals surface area contributed by atoms with E-state index in [-0.39, 0.29) is 12.1 Å². The third kappa shape index (κ3) is 4.84. The van der Waals surface area contributed by atoms with Gasteiger partial charge in [-0.15, -0.1) is 0 Å². The van der Waals surface area contributed by atoms with E-state index in [9.17, 15) is 0 Å². The van der Waals surface area contributed by atoms with E-state index in [1.807, 2.05) is 25.1 Å². The summed E-state index contributed by atoms with van der Waals surface area (Å²) in [6.45, 7) is 2.04. The van der Waals surface area contributed by atoms with E-state index in [0.717, 1.165) is 18.4 Å². The summed E-state index contributed by atoms with van der Waals surface area (Å²) in [7, 11) is 1.71. The maximum Gasteiger partial charge on any atom is 0.0543 e. The summed E-state index contributed by atoms with van der Waals surface area (Å²) >= 11 is 12.2. The summed E-state index contributed by atoms with van der Waals surface area (Å²) in [5.74, 6) is 0. The fourth-order valence-corrected chi connectivity index (χ4v) is 2.21. The van der Waals surface area contributed by atoms with E-state index >= 15 is 0 Å². The second-order valence-corrected chi connectivity index (χ2v) is 5.10. The van der Waals surface area contributed by atoms with Crippen LogP contribution in [0.1, 0.15) is 25.3 Å². The number of benzene rings is 1. The normalized spacial score (nSPS) is 14.6. The van der Waals surface area contributed by atoms with Crippen LogP contribution in [-0.4, -0.2) is 19.3 Å². The molecule has 96 valence electrons. The number of rotatable bonds is 6. The van der Waals surface area contributed by atoms with Crippen LogP contribution >= 0.6 is 23.2 Å². The summed E-state index contributed by atoms with van der Waals surface area (Å²) in [6, 6.07) is 5.58. The molecule has 2 unspecified atom stereocenters. The Morgan fingerprint density at radius 3 is 2.35 bits per heavy atom. The zero-order chi connectivity index (χ0) is 12.8. The standard InChI is InChI=1S/C13H19Cl2NO/c1-9(17-2)6-7-10(16)8-11-12(14)4-3-5-13(11)15/h3-5,9-10H,6-8,16H2,1-2H3. The van der Waals surface area contributed by atoms with Crippen molar-refractivity contribution in [1.29, 1.82) is 0 Å². The van der Waals surface area contributed by atoms with Gasteiger partial charge in [-0.2, -0.15) is 0 Å². The van der Waals surface area contributed by atoms with Gasteiger partial charge in [-0.25, -0.2) is 0 Å². The van der Waals surface area contributed by atoms with Gasteiger partial charge >= 0.3 is 0 Å². The lowest BCUT2D eigenvalue weighted by Gasteiger charge is -2.16. The molecule has 1 aromatic carbocycles. The highest BCUT2D eigenvalue weighted by Gasteiger charge is 2.11. The van der Waals surface area contributed by atoms with E-state index in [1.165, 1.54) is 0 Å². The quantitative estimate of drug-likeness (QED) is 0.860. The minimum Gasteiger partial charge on any atom is -0.382 e. The Balaban J connectivity index is 2.53. The molecule has 0 aromatic heterocycles. The molecule has 2 nitrogen and oxygen atoms in total. The molecule has 17 heavy (non-hydrogen) atoms. The van der Waals surface area contributed by atoms with Crippen LogP contribution in [-0.2, 0) is 11.2 Å². The summed E-state index contributed by atoms with van der Waals surface area (Å²) in [4.78, 5) is 0. The molecule has 0 aliphatic rings.